The van der Waals surface area contributed by atoms with Crippen LogP contribution in [0.2, 0.25) is 0 Å². The zero-order valence-corrected chi connectivity index (χ0v) is 14.9. The molecule has 1 aliphatic heterocycles. The molecule has 5 nitrogen and oxygen atoms in total. The van der Waals surface area contributed by atoms with E-state index in [4.69, 9.17) is 9.47 Å². The Hall–Kier alpha value is -1.59. The predicted molar refractivity (Wildman–Crippen MR) is 95.5 cm³/mol. The number of ether oxygens (including phenoxy) is 2. The Bertz CT molecular complexity index is 553. The average Bonchev–Trinajstić information content (AvgIpc) is 3.24. The normalized spacial score (nSPS) is 28.9. The number of hydrogen-bond acceptors (Lipinski definition) is 4. The van der Waals surface area contributed by atoms with E-state index in [1.165, 1.54) is 5.56 Å². The number of aliphatic hydroxyl groups excluding tert-OH is 1. The molecular weight excluding hydrogens is 318 g/mol. The number of benzene rings is 1. The summed E-state index contributed by atoms with van der Waals surface area (Å²) >= 11 is 0. The van der Waals surface area contributed by atoms with Crippen molar-refractivity contribution in [2.75, 3.05) is 13.2 Å². The van der Waals surface area contributed by atoms with Crippen molar-refractivity contribution < 1.29 is 19.4 Å². The summed E-state index contributed by atoms with van der Waals surface area (Å²) in [4.78, 5) is 12.0. The molecule has 3 rings (SSSR count). The fourth-order valence-corrected chi connectivity index (χ4v) is 3.66. The molecule has 138 valence electrons. The molecule has 1 saturated heterocycles. The fraction of sp³-hybridized carbons (Fsp3) is 0.650. The third kappa shape index (κ3) is 5.19. The van der Waals surface area contributed by atoms with E-state index in [9.17, 15) is 9.90 Å². The highest BCUT2D eigenvalue weighted by atomic mass is 16.5. The molecule has 0 bridgehead atoms. The quantitative estimate of drug-likeness (QED) is 0.795. The summed E-state index contributed by atoms with van der Waals surface area (Å²) in [6, 6.07) is 7.87. The molecule has 5 heteroatoms. The van der Waals surface area contributed by atoms with Crippen molar-refractivity contribution in [2.24, 2.45) is 5.92 Å². The van der Waals surface area contributed by atoms with Gasteiger partial charge in [-0.3, -0.25) is 4.79 Å². The third-order valence-corrected chi connectivity index (χ3v) is 5.27. The van der Waals surface area contributed by atoms with Crippen molar-refractivity contribution in [3.8, 4) is 5.75 Å². The second-order valence-electron chi connectivity index (χ2n) is 7.28. The number of carbonyl (C=O) groups excluding carboxylic acids is 1. The molecule has 4 atom stereocenters. The number of amides is 1. The van der Waals surface area contributed by atoms with Gasteiger partial charge in [-0.05, 0) is 51.2 Å². The summed E-state index contributed by atoms with van der Waals surface area (Å²) in [5.41, 5.74) is 1.18. The van der Waals surface area contributed by atoms with Gasteiger partial charge >= 0.3 is 0 Å². The van der Waals surface area contributed by atoms with E-state index in [2.05, 4.69) is 5.32 Å². The van der Waals surface area contributed by atoms with Gasteiger partial charge in [0.25, 0.3) is 0 Å². The largest absolute Gasteiger partial charge is 0.488 e. The molecule has 0 radical (unpaired) electrons. The van der Waals surface area contributed by atoms with Gasteiger partial charge in [-0.2, -0.15) is 0 Å². The summed E-state index contributed by atoms with van der Waals surface area (Å²) < 4.78 is 11.5. The van der Waals surface area contributed by atoms with Gasteiger partial charge in [-0.1, -0.05) is 17.7 Å². The maximum Gasteiger partial charge on any atom is 0.220 e. The zero-order chi connectivity index (χ0) is 17.6. The topological polar surface area (TPSA) is 67.8 Å². The number of aliphatic hydroxyl groups is 1. The molecule has 0 unspecified atom stereocenters. The summed E-state index contributed by atoms with van der Waals surface area (Å²) in [6.07, 6.45) is 4.63. The summed E-state index contributed by atoms with van der Waals surface area (Å²) in [5.74, 6) is 0.892. The Labute approximate surface area is 149 Å². The van der Waals surface area contributed by atoms with Crippen molar-refractivity contribution >= 4 is 5.91 Å². The number of nitrogens with one attached hydrogen (secondary N) is 1. The minimum absolute atomic E-state index is 0.0469. The van der Waals surface area contributed by atoms with E-state index in [1.54, 1.807) is 0 Å². The van der Waals surface area contributed by atoms with Crippen LogP contribution < -0.4 is 10.1 Å². The molecular formula is C20H29NO4. The van der Waals surface area contributed by atoms with Crippen molar-refractivity contribution in [3.63, 3.8) is 0 Å². The van der Waals surface area contributed by atoms with E-state index >= 15 is 0 Å². The maximum absolute atomic E-state index is 12.0. The smallest absolute Gasteiger partial charge is 0.220 e. The van der Waals surface area contributed by atoms with Gasteiger partial charge in [0.05, 0.1) is 12.2 Å². The van der Waals surface area contributed by atoms with Gasteiger partial charge in [-0.15, -0.1) is 0 Å². The molecule has 1 amide bonds. The summed E-state index contributed by atoms with van der Waals surface area (Å²) in [5, 5.41) is 13.4. The van der Waals surface area contributed by atoms with Crippen LogP contribution in [0.4, 0.5) is 0 Å². The van der Waals surface area contributed by atoms with Gasteiger partial charge in [0, 0.05) is 25.5 Å². The monoisotopic (exact) mass is 347 g/mol. The van der Waals surface area contributed by atoms with Crippen LogP contribution in [-0.4, -0.2) is 42.5 Å². The average molecular weight is 347 g/mol. The summed E-state index contributed by atoms with van der Waals surface area (Å²) in [7, 11) is 0. The van der Waals surface area contributed by atoms with Crippen LogP contribution in [0, 0.1) is 12.8 Å². The van der Waals surface area contributed by atoms with Crippen molar-refractivity contribution in [3.05, 3.63) is 29.8 Å². The van der Waals surface area contributed by atoms with Crippen LogP contribution >= 0.6 is 0 Å². The fourth-order valence-electron chi connectivity index (χ4n) is 3.66. The second-order valence-corrected chi connectivity index (χ2v) is 7.28. The van der Waals surface area contributed by atoms with Gasteiger partial charge in [0.1, 0.15) is 11.9 Å². The minimum atomic E-state index is -0.542. The molecule has 1 aliphatic carbocycles. The number of carbonyl (C=O) groups is 1. The van der Waals surface area contributed by atoms with Crippen molar-refractivity contribution in [1.29, 1.82) is 0 Å². The Morgan fingerprint density at radius 3 is 2.80 bits per heavy atom. The lowest BCUT2D eigenvalue weighted by atomic mass is 10.1. The van der Waals surface area contributed by atoms with Gasteiger partial charge in [0.2, 0.25) is 5.91 Å². The molecule has 0 aromatic heterocycles. The Morgan fingerprint density at radius 1 is 1.28 bits per heavy atom. The molecule has 1 saturated carbocycles. The van der Waals surface area contributed by atoms with E-state index in [1.807, 2.05) is 31.2 Å². The Kier molecular flexibility index (Phi) is 6.32. The van der Waals surface area contributed by atoms with Crippen LogP contribution in [0.1, 0.15) is 44.1 Å². The molecule has 1 aromatic carbocycles. The highest BCUT2D eigenvalue weighted by molar-refractivity contribution is 5.75. The molecule has 2 aliphatic rings. The van der Waals surface area contributed by atoms with Gasteiger partial charge in [-0.25, -0.2) is 0 Å². The van der Waals surface area contributed by atoms with E-state index in [0.717, 1.165) is 44.5 Å². The molecule has 1 aromatic rings. The first-order chi connectivity index (χ1) is 12.1. The van der Waals surface area contributed by atoms with Crippen LogP contribution in [-0.2, 0) is 9.53 Å². The number of hydrogen-bond donors (Lipinski definition) is 2. The highest BCUT2D eigenvalue weighted by Crippen LogP contribution is 2.29. The summed E-state index contributed by atoms with van der Waals surface area (Å²) in [6.45, 7) is 3.37. The van der Waals surface area contributed by atoms with E-state index in [0.29, 0.717) is 13.0 Å². The molecule has 2 N–H and O–H groups in total. The van der Waals surface area contributed by atoms with E-state index < -0.39 is 6.10 Å². The lowest BCUT2D eigenvalue weighted by Gasteiger charge is -2.21. The lowest BCUT2D eigenvalue weighted by molar-refractivity contribution is -0.122. The first kappa shape index (κ1) is 18.2. The predicted octanol–water partition coefficient (Wildman–Crippen LogP) is 2.59. The van der Waals surface area contributed by atoms with E-state index in [-0.39, 0.29) is 24.0 Å². The minimum Gasteiger partial charge on any atom is -0.488 e. The molecule has 1 heterocycles. The van der Waals surface area contributed by atoms with Crippen molar-refractivity contribution in [1.82, 2.24) is 5.32 Å². The highest BCUT2D eigenvalue weighted by Gasteiger charge is 2.36. The number of rotatable bonds is 7. The molecule has 25 heavy (non-hydrogen) atoms. The standard InChI is InChI=1S/C20H29NO4/c1-14-4-7-17(8-5-14)25-18-10-6-15(20(18)23)13-21-19(22)11-9-16-3-2-12-24-16/h4-5,7-8,15-16,18,20,23H,2-3,6,9-13H2,1H3,(H,21,22)/t15-,16-,18-,20-/m1/s1. The second kappa shape index (κ2) is 8.68. The molecule has 2 fully saturated rings. The van der Waals surface area contributed by atoms with Crippen LogP contribution in [0.3, 0.4) is 0 Å². The molecule has 0 spiro atoms. The SMILES string of the molecule is Cc1ccc(O[C@@H]2CC[C@H](CNC(=O)CC[C@H]3CCCO3)[C@H]2O)cc1. The van der Waals surface area contributed by atoms with Crippen LogP contribution in [0.5, 0.6) is 5.75 Å². The zero-order valence-electron chi connectivity index (χ0n) is 14.9. The first-order valence-electron chi connectivity index (χ1n) is 9.41. The Morgan fingerprint density at radius 2 is 2.08 bits per heavy atom. The first-order valence-corrected chi connectivity index (χ1v) is 9.41. The third-order valence-electron chi connectivity index (χ3n) is 5.27. The lowest BCUT2D eigenvalue weighted by Crippen LogP contribution is -2.37. The Balaban J connectivity index is 1.38. The maximum atomic E-state index is 12.0. The van der Waals surface area contributed by atoms with Crippen molar-refractivity contribution in [2.45, 2.75) is 63.8 Å². The van der Waals surface area contributed by atoms with Crippen LogP contribution in [0.25, 0.3) is 0 Å². The van der Waals surface area contributed by atoms with Gasteiger partial charge in [0.15, 0.2) is 0 Å². The van der Waals surface area contributed by atoms with Gasteiger partial charge < -0.3 is 19.9 Å². The number of aryl methyl sites for hydroxylation is 1. The van der Waals surface area contributed by atoms with Crippen LogP contribution in [0.15, 0.2) is 24.3 Å².